The Kier molecular flexibility index (Phi) is 5.15. The SMILES string of the molecule is CCC(N)C(Oc1ccccc1F)c1ccc(Br)cc1. The average molecular weight is 338 g/mol. The van der Waals surface area contributed by atoms with E-state index in [-0.39, 0.29) is 23.7 Å². The maximum Gasteiger partial charge on any atom is 0.165 e. The second-order valence-electron chi connectivity index (χ2n) is 4.59. The Morgan fingerprint density at radius 2 is 1.80 bits per heavy atom. The van der Waals surface area contributed by atoms with Gasteiger partial charge in [-0.3, -0.25) is 0 Å². The summed E-state index contributed by atoms with van der Waals surface area (Å²) in [6.45, 7) is 1.99. The fraction of sp³-hybridized carbons (Fsp3) is 0.250. The molecule has 2 unspecified atom stereocenters. The van der Waals surface area contributed by atoms with E-state index in [4.69, 9.17) is 10.5 Å². The van der Waals surface area contributed by atoms with Crippen LogP contribution < -0.4 is 10.5 Å². The van der Waals surface area contributed by atoms with Gasteiger partial charge in [0.25, 0.3) is 0 Å². The molecule has 0 radical (unpaired) electrons. The van der Waals surface area contributed by atoms with E-state index in [1.807, 2.05) is 31.2 Å². The number of hydrogen-bond acceptors (Lipinski definition) is 2. The van der Waals surface area contributed by atoms with Crippen LogP contribution in [0.4, 0.5) is 4.39 Å². The smallest absolute Gasteiger partial charge is 0.165 e. The summed E-state index contributed by atoms with van der Waals surface area (Å²) < 4.78 is 20.5. The first-order chi connectivity index (χ1) is 9.61. The molecule has 0 amide bonds. The highest BCUT2D eigenvalue weighted by Crippen LogP contribution is 2.28. The molecular formula is C16H17BrFNO. The summed E-state index contributed by atoms with van der Waals surface area (Å²) in [5.41, 5.74) is 7.06. The molecule has 2 N–H and O–H groups in total. The molecule has 0 aliphatic rings. The van der Waals surface area contributed by atoms with Crippen LogP contribution in [0.1, 0.15) is 25.0 Å². The summed E-state index contributed by atoms with van der Waals surface area (Å²) >= 11 is 3.40. The van der Waals surface area contributed by atoms with Crippen molar-refractivity contribution in [2.75, 3.05) is 0 Å². The van der Waals surface area contributed by atoms with E-state index in [0.29, 0.717) is 0 Å². The summed E-state index contributed by atoms with van der Waals surface area (Å²) in [5, 5.41) is 0. The molecule has 2 nitrogen and oxygen atoms in total. The summed E-state index contributed by atoms with van der Waals surface area (Å²) in [6.07, 6.45) is 0.375. The van der Waals surface area contributed by atoms with Crippen molar-refractivity contribution in [3.05, 3.63) is 64.4 Å². The van der Waals surface area contributed by atoms with Gasteiger partial charge in [-0.05, 0) is 36.2 Å². The molecule has 0 aliphatic carbocycles. The van der Waals surface area contributed by atoms with Crippen LogP contribution in [0.25, 0.3) is 0 Å². The van der Waals surface area contributed by atoms with Crippen molar-refractivity contribution in [1.82, 2.24) is 0 Å². The second kappa shape index (κ2) is 6.86. The maximum atomic E-state index is 13.7. The third kappa shape index (κ3) is 3.58. The highest BCUT2D eigenvalue weighted by molar-refractivity contribution is 9.10. The molecule has 20 heavy (non-hydrogen) atoms. The van der Waals surface area contributed by atoms with Crippen molar-refractivity contribution < 1.29 is 9.13 Å². The van der Waals surface area contributed by atoms with Gasteiger partial charge in [0.2, 0.25) is 0 Å². The molecule has 0 saturated carbocycles. The Morgan fingerprint density at radius 1 is 1.15 bits per heavy atom. The summed E-state index contributed by atoms with van der Waals surface area (Å²) in [7, 11) is 0. The largest absolute Gasteiger partial charge is 0.481 e. The molecule has 0 saturated heterocycles. The van der Waals surface area contributed by atoms with E-state index in [9.17, 15) is 4.39 Å². The van der Waals surface area contributed by atoms with E-state index in [1.54, 1.807) is 18.2 Å². The molecule has 2 aromatic rings. The molecule has 2 rings (SSSR count). The lowest BCUT2D eigenvalue weighted by Gasteiger charge is -2.25. The first kappa shape index (κ1) is 15.0. The summed E-state index contributed by atoms with van der Waals surface area (Å²) in [6, 6.07) is 13.9. The van der Waals surface area contributed by atoms with E-state index in [2.05, 4.69) is 15.9 Å². The first-order valence-corrected chi connectivity index (χ1v) is 7.33. The van der Waals surface area contributed by atoms with Crippen LogP contribution in [0.3, 0.4) is 0 Å². The Hall–Kier alpha value is -1.39. The normalized spacial score (nSPS) is 13.8. The van der Waals surface area contributed by atoms with Gasteiger partial charge in [-0.2, -0.15) is 0 Å². The second-order valence-corrected chi connectivity index (χ2v) is 5.51. The number of para-hydroxylation sites is 1. The number of halogens is 2. The minimum Gasteiger partial charge on any atom is -0.481 e. The number of benzene rings is 2. The minimum absolute atomic E-state index is 0.198. The molecule has 0 aromatic heterocycles. The number of rotatable bonds is 5. The zero-order valence-corrected chi connectivity index (χ0v) is 12.8. The zero-order chi connectivity index (χ0) is 14.5. The fourth-order valence-corrected chi connectivity index (χ4v) is 2.21. The molecule has 2 aromatic carbocycles. The molecule has 0 bridgehead atoms. The van der Waals surface area contributed by atoms with Gasteiger partial charge >= 0.3 is 0 Å². The van der Waals surface area contributed by atoms with E-state index in [0.717, 1.165) is 16.5 Å². The maximum absolute atomic E-state index is 13.7. The highest BCUT2D eigenvalue weighted by Gasteiger charge is 2.21. The fourth-order valence-electron chi connectivity index (χ4n) is 1.95. The average Bonchev–Trinajstić information content (AvgIpc) is 2.47. The zero-order valence-electron chi connectivity index (χ0n) is 11.2. The van der Waals surface area contributed by atoms with Gasteiger partial charge in [0.05, 0.1) is 0 Å². The van der Waals surface area contributed by atoms with Crippen molar-refractivity contribution >= 4 is 15.9 Å². The summed E-state index contributed by atoms with van der Waals surface area (Å²) in [5.74, 6) is -0.151. The quantitative estimate of drug-likeness (QED) is 0.874. The van der Waals surface area contributed by atoms with Crippen molar-refractivity contribution in [1.29, 1.82) is 0 Å². The summed E-state index contributed by atoms with van der Waals surface area (Å²) in [4.78, 5) is 0. The van der Waals surface area contributed by atoms with Gasteiger partial charge in [0.1, 0.15) is 6.10 Å². The molecule has 106 valence electrons. The molecule has 0 spiro atoms. The Labute approximate surface area is 126 Å². The van der Waals surface area contributed by atoms with Gasteiger partial charge in [0, 0.05) is 10.5 Å². The van der Waals surface area contributed by atoms with Gasteiger partial charge in [-0.15, -0.1) is 0 Å². The lowest BCUT2D eigenvalue weighted by Crippen LogP contribution is -2.31. The Balaban J connectivity index is 2.29. The van der Waals surface area contributed by atoms with Crippen LogP contribution in [-0.2, 0) is 0 Å². The molecular weight excluding hydrogens is 321 g/mol. The van der Waals surface area contributed by atoms with Crippen molar-refractivity contribution in [2.24, 2.45) is 5.73 Å². The molecule has 0 heterocycles. The number of nitrogens with two attached hydrogens (primary N) is 1. The van der Waals surface area contributed by atoms with E-state index < -0.39 is 0 Å². The Morgan fingerprint density at radius 3 is 2.40 bits per heavy atom. The van der Waals surface area contributed by atoms with Crippen LogP contribution in [0.15, 0.2) is 53.0 Å². The van der Waals surface area contributed by atoms with E-state index in [1.165, 1.54) is 6.07 Å². The number of ether oxygens (including phenoxy) is 1. The molecule has 0 aliphatic heterocycles. The third-order valence-electron chi connectivity index (χ3n) is 3.15. The molecule has 0 fully saturated rings. The highest BCUT2D eigenvalue weighted by atomic mass is 79.9. The predicted molar refractivity (Wildman–Crippen MR) is 82.2 cm³/mol. The predicted octanol–water partition coefficient (Wildman–Crippen LogP) is 4.45. The van der Waals surface area contributed by atoms with Gasteiger partial charge in [-0.1, -0.05) is 47.1 Å². The van der Waals surface area contributed by atoms with Crippen molar-refractivity contribution in [3.8, 4) is 5.75 Å². The van der Waals surface area contributed by atoms with Gasteiger partial charge in [0.15, 0.2) is 11.6 Å². The first-order valence-electron chi connectivity index (χ1n) is 6.54. The van der Waals surface area contributed by atoms with Crippen molar-refractivity contribution in [3.63, 3.8) is 0 Å². The van der Waals surface area contributed by atoms with Gasteiger partial charge < -0.3 is 10.5 Å². The third-order valence-corrected chi connectivity index (χ3v) is 3.68. The standard InChI is InChI=1S/C16H17BrFNO/c1-2-14(19)16(11-7-9-12(17)10-8-11)20-15-6-4-3-5-13(15)18/h3-10,14,16H,2,19H2,1H3. The molecule has 2 atom stereocenters. The van der Waals surface area contributed by atoms with Crippen molar-refractivity contribution in [2.45, 2.75) is 25.5 Å². The Bertz CT molecular complexity index is 559. The minimum atomic E-state index is -0.377. The lowest BCUT2D eigenvalue weighted by molar-refractivity contribution is 0.163. The van der Waals surface area contributed by atoms with Crippen LogP contribution in [0, 0.1) is 5.82 Å². The molecule has 4 heteroatoms. The van der Waals surface area contributed by atoms with E-state index >= 15 is 0 Å². The van der Waals surface area contributed by atoms with Crippen LogP contribution >= 0.6 is 15.9 Å². The monoisotopic (exact) mass is 337 g/mol. The van der Waals surface area contributed by atoms with Crippen LogP contribution in [0.2, 0.25) is 0 Å². The topological polar surface area (TPSA) is 35.2 Å². The van der Waals surface area contributed by atoms with Crippen LogP contribution in [0.5, 0.6) is 5.75 Å². The van der Waals surface area contributed by atoms with Crippen LogP contribution in [-0.4, -0.2) is 6.04 Å². The number of hydrogen-bond donors (Lipinski definition) is 1. The van der Waals surface area contributed by atoms with Gasteiger partial charge in [-0.25, -0.2) is 4.39 Å². The lowest BCUT2D eigenvalue weighted by atomic mass is 10.0.